The molecule has 3 aliphatic rings. The molecule has 0 bridgehead atoms. The molecule has 162 valence electrons. The third-order valence-corrected chi connectivity index (χ3v) is 6.34. The third-order valence-electron chi connectivity index (χ3n) is 6.34. The molecule has 0 aliphatic carbocycles. The second-order valence-electron chi connectivity index (χ2n) is 8.22. The van der Waals surface area contributed by atoms with Crippen LogP contribution in [0.5, 0.6) is 0 Å². The summed E-state index contributed by atoms with van der Waals surface area (Å²) >= 11 is 0. The molecule has 9 heteroatoms. The first-order chi connectivity index (χ1) is 15.4. The second kappa shape index (κ2) is 7.30. The molecular weight excluding hydrogens is 412 g/mol. The highest BCUT2D eigenvalue weighted by Gasteiger charge is 2.48. The van der Waals surface area contributed by atoms with Crippen LogP contribution in [0.4, 0.5) is 4.79 Å². The molecule has 2 saturated heterocycles. The predicted octanol–water partition coefficient (Wildman–Crippen LogP) is 1.30. The van der Waals surface area contributed by atoms with Crippen molar-refractivity contribution in [3.05, 3.63) is 70.8 Å². The maximum absolute atomic E-state index is 12.9. The first kappa shape index (κ1) is 19.9. The number of rotatable bonds is 3. The number of carbonyl (C=O) groups is 5. The number of nitrogens with zero attached hydrogens (tertiary/aromatic N) is 2. The summed E-state index contributed by atoms with van der Waals surface area (Å²) in [6.45, 7) is 0.828. The molecule has 1 spiro atoms. The van der Waals surface area contributed by atoms with Gasteiger partial charge in [0.05, 0.1) is 17.7 Å². The van der Waals surface area contributed by atoms with Crippen LogP contribution in [0.25, 0.3) is 0 Å². The number of likely N-dealkylation sites (tertiary alicyclic amines) is 1. The number of carbonyl (C=O) groups excluding carboxylic acids is 5. The zero-order chi connectivity index (χ0) is 22.5. The molecule has 0 atom stereocenters. The number of piperidine rings is 1. The molecule has 2 N–H and O–H groups in total. The lowest BCUT2D eigenvalue weighted by atomic mass is 9.87. The van der Waals surface area contributed by atoms with Crippen LogP contribution < -0.4 is 10.6 Å². The van der Waals surface area contributed by atoms with Gasteiger partial charge in [-0.05, 0) is 42.7 Å². The minimum atomic E-state index is -0.926. The van der Waals surface area contributed by atoms with E-state index in [1.807, 2.05) is 0 Å². The molecule has 0 unspecified atom stereocenters. The van der Waals surface area contributed by atoms with E-state index in [1.54, 1.807) is 53.4 Å². The van der Waals surface area contributed by atoms with Crippen LogP contribution in [0.15, 0.2) is 48.5 Å². The van der Waals surface area contributed by atoms with Crippen molar-refractivity contribution in [3.8, 4) is 0 Å². The van der Waals surface area contributed by atoms with Crippen molar-refractivity contribution < 1.29 is 24.0 Å². The Hall–Kier alpha value is -4.01. The minimum absolute atomic E-state index is 0.127. The van der Waals surface area contributed by atoms with Gasteiger partial charge in [-0.25, -0.2) is 4.79 Å². The Morgan fingerprint density at radius 3 is 2.00 bits per heavy atom. The van der Waals surface area contributed by atoms with Gasteiger partial charge in [-0.2, -0.15) is 0 Å². The fourth-order valence-electron chi connectivity index (χ4n) is 4.47. The minimum Gasteiger partial charge on any atom is -0.338 e. The van der Waals surface area contributed by atoms with Crippen LogP contribution in [0, 0.1) is 0 Å². The second-order valence-corrected chi connectivity index (χ2v) is 8.22. The van der Waals surface area contributed by atoms with Crippen molar-refractivity contribution in [2.24, 2.45) is 0 Å². The fraction of sp³-hybridized carbons (Fsp3) is 0.261. The van der Waals surface area contributed by atoms with Gasteiger partial charge in [-0.15, -0.1) is 0 Å². The van der Waals surface area contributed by atoms with Crippen molar-refractivity contribution in [1.82, 2.24) is 20.4 Å². The van der Waals surface area contributed by atoms with E-state index < -0.39 is 11.6 Å². The normalized spacial score (nSPS) is 19.2. The van der Waals surface area contributed by atoms with E-state index in [-0.39, 0.29) is 30.2 Å². The smallest absolute Gasteiger partial charge is 0.322 e. The van der Waals surface area contributed by atoms with E-state index in [0.29, 0.717) is 42.6 Å². The quantitative estimate of drug-likeness (QED) is 0.560. The lowest BCUT2D eigenvalue weighted by molar-refractivity contribution is -0.125. The van der Waals surface area contributed by atoms with Gasteiger partial charge >= 0.3 is 6.03 Å². The third kappa shape index (κ3) is 3.13. The van der Waals surface area contributed by atoms with E-state index in [4.69, 9.17) is 0 Å². The van der Waals surface area contributed by atoms with Gasteiger partial charge in [-0.3, -0.25) is 29.4 Å². The lowest BCUT2D eigenvalue weighted by Crippen LogP contribution is -2.55. The van der Waals surface area contributed by atoms with Crippen molar-refractivity contribution in [2.75, 3.05) is 13.1 Å². The Morgan fingerprint density at radius 2 is 1.47 bits per heavy atom. The Kier molecular flexibility index (Phi) is 4.54. The van der Waals surface area contributed by atoms with Gasteiger partial charge in [0, 0.05) is 18.7 Å². The molecule has 6 amide bonds. The SMILES string of the molecule is O=C1NC(=O)C2(CCN(C(=O)c3ccc(CN4C(=O)c5ccccc5C4=O)cc3)CC2)N1. The highest BCUT2D eigenvalue weighted by atomic mass is 16.2. The summed E-state index contributed by atoms with van der Waals surface area (Å²) in [6, 6.07) is 13.0. The van der Waals surface area contributed by atoms with E-state index in [1.165, 1.54) is 4.90 Å². The largest absolute Gasteiger partial charge is 0.338 e. The van der Waals surface area contributed by atoms with Crippen molar-refractivity contribution >= 4 is 29.7 Å². The number of nitrogens with one attached hydrogen (secondary N) is 2. The predicted molar refractivity (Wildman–Crippen MR) is 112 cm³/mol. The van der Waals surface area contributed by atoms with Crippen LogP contribution in [-0.2, 0) is 11.3 Å². The Labute approximate surface area is 183 Å². The molecule has 0 radical (unpaired) electrons. The molecule has 3 heterocycles. The highest BCUT2D eigenvalue weighted by molar-refractivity contribution is 6.21. The Bertz CT molecular complexity index is 1130. The average Bonchev–Trinajstić information content (AvgIpc) is 3.21. The maximum Gasteiger partial charge on any atom is 0.322 e. The molecule has 2 fully saturated rings. The number of benzene rings is 2. The summed E-state index contributed by atoms with van der Waals surface area (Å²) in [6.07, 6.45) is 0.711. The zero-order valence-corrected chi connectivity index (χ0v) is 17.1. The van der Waals surface area contributed by atoms with Gasteiger partial charge in [0.15, 0.2) is 0 Å². The van der Waals surface area contributed by atoms with E-state index in [2.05, 4.69) is 10.6 Å². The summed E-state index contributed by atoms with van der Waals surface area (Å²) in [5.74, 6) is -1.16. The monoisotopic (exact) mass is 432 g/mol. The topological polar surface area (TPSA) is 116 Å². The summed E-state index contributed by atoms with van der Waals surface area (Å²) < 4.78 is 0. The molecule has 0 saturated carbocycles. The van der Waals surface area contributed by atoms with Crippen molar-refractivity contribution in [3.63, 3.8) is 0 Å². The van der Waals surface area contributed by atoms with Crippen LogP contribution >= 0.6 is 0 Å². The van der Waals surface area contributed by atoms with Gasteiger partial charge in [-0.1, -0.05) is 24.3 Å². The zero-order valence-electron chi connectivity index (χ0n) is 17.1. The maximum atomic E-state index is 12.9. The van der Waals surface area contributed by atoms with E-state index in [9.17, 15) is 24.0 Å². The Morgan fingerprint density at radius 1 is 0.875 bits per heavy atom. The molecular formula is C23H20N4O5. The standard InChI is InChI=1S/C23H20N4O5/c28-18(26-11-9-23(10-12-26)21(31)24-22(32)25-23)15-7-5-14(6-8-15)13-27-19(29)16-3-1-2-4-17(16)20(27)30/h1-8H,9-13H2,(H2,24,25,31,32). The number of hydrogen-bond acceptors (Lipinski definition) is 5. The molecule has 2 aromatic rings. The molecule has 3 aliphatic heterocycles. The van der Waals surface area contributed by atoms with Gasteiger partial charge in [0.25, 0.3) is 23.6 Å². The number of amides is 6. The number of fused-ring (bicyclic) bond motifs is 1. The van der Waals surface area contributed by atoms with Crippen molar-refractivity contribution in [1.29, 1.82) is 0 Å². The lowest BCUT2D eigenvalue weighted by Gasteiger charge is -2.37. The van der Waals surface area contributed by atoms with E-state index >= 15 is 0 Å². The summed E-state index contributed by atoms with van der Waals surface area (Å²) in [4.78, 5) is 64.3. The van der Waals surface area contributed by atoms with E-state index in [0.717, 1.165) is 5.56 Å². The first-order valence-corrected chi connectivity index (χ1v) is 10.3. The van der Waals surface area contributed by atoms with Crippen LogP contribution in [0.3, 0.4) is 0 Å². The summed E-state index contributed by atoms with van der Waals surface area (Å²) in [5.41, 5.74) is 1.09. The van der Waals surface area contributed by atoms with Crippen LogP contribution in [0.1, 0.15) is 49.5 Å². The summed E-state index contributed by atoms with van der Waals surface area (Å²) in [7, 11) is 0. The number of hydrogen-bond donors (Lipinski definition) is 2. The number of urea groups is 1. The molecule has 0 aromatic heterocycles. The van der Waals surface area contributed by atoms with Gasteiger partial charge in [0.2, 0.25) is 0 Å². The highest BCUT2D eigenvalue weighted by Crippen LogP contribution is 2.27. The molecule has 9 nitrogen and oxygen atoms in total. The molecule has 32 heavy (non-hydrogen) atoms. The Balaban J connectivity index is 1.23. The van der Waals surface area contributed by atoms with Crippen LogP contribution in [-0.4, -0.2) is 58.1 Å². The van der Waals surface area contributed by atoms with Crippen LogP contribution in [0.2, 0.25) is 0 Å². The molecule has 2 aromatic carbocycles. The number of imide groups is 2. The van der Waals surface area contributed by atoms with Gasteiger partial charge in [0.1, 0.15) is 5.54 Å². The van der Waals surface area contributed by atoms with Gasteiger partial charge < -0.3 is 10.2 Å². The first-order valence-electron chi connectivity index (χ1n) is 10.3. The van der Waals surface area contributed by atoms with Crippen molar-refractivity contribution in [2.45, 2.75) is 24.9 Å². The fourth-order valence-corrected chi connectivity index (χ4v) is 4.47. The average molecular weight is 432 g/mol. The summed E-state index contributed by atoms with van der Waals surface area (Å²) in [5, 5.41) is 4.93. The molecule has 5 rings (SSSR count).